The number of aromatic nitrogens is 1. The second-order valence-corrected chi connectivity index (χ2v) is 12.8. The van der Waals surface area contributed by atoms with E-state index in [-0.39, 0.29) is 29.8 Å². The van der Waals surface area contributed by atoms with Crippen molar-refractivity contribution in [2.75, 3.05) is 0 Å². The van der Waals surface area contributed by atoms with E-state index >= 15 is 0 Å². The Kier molecular flexibility index (Phi) is 7.64. The molecule has 7 atom stereocenters. The fourth-order valence-electron chi connectivity index (χ4n) is 5.48. The zero-order chi connectivity index (χ0) is 26.4. The molecule has 2 aliphatic heterocycles. The third-order valence-corrected chi connectivity index (χ3v) is 9.25. The standard InChI is InChI=1S/C28H39NO6S/c1-15-8-7-11-28(6)23(35-28)13-20(18-9-10-21-19(12-18)29-17(3)36-21)34-24(31)14-22(30)27(4,5)26(33)16(2)25(15)32/h9-10,12,15-16,20,22-23,25,30,32H,7-8,11,13-14H2,1-6H3/t15-,16+,20-,22-,23-,25-,28+/m0/s1. The zero-order valence-electron chi connectivity index (χ0n) is 22.1. The first-order chi connectivity index (χ1) is 16.8. The first-order valence-electron chi connectivity index (χ1n) is 13.0. The molecule has 0 spiro atoms. The number of thiazole rings is 1. The summed E-state index contributed by atoms with van der Waals surface area (Å²) in [6.07, 6.45) is -0.0142. The van der Waals surface area contributed by atoms with Crippen molar-refractivity contribution in [3.05, 3.63) is 28.8 Å². The normalized spacial score (nSPS) is 36.3. The quantitative estimate of drug-likeness (QED) is 0.409. The molecule has 4 rings (SSSR count). The lowest BCUT2D eigenvalue weighted by Crippen LogP contribution is -2.45. The number of nitrogens with zero attached hydrogens (tertiary/aromatic N) is 1. The predicted molar refractivity (Wildman–Crippen MR) is 139 cm³/mol. The maximum atomic E-state index is 13.3. The number of hydrogen-bond donors (Lipinski definition) is 2. The summed E-state index contributed by atoms with van der Waals surface area (Å²) < 4.78 is 13.1. The van der Waals surface area contributed by atoms with Crippen LogP contribution in [0.1, 0.15) is 83.4 Å². The number of esters is 1. The number of ether oxygens (including phenoxy) is 2. The van der Waals surface area contributed by atoms with Crippen molar-refractivity contribution >= 4 is 33.3 Å². The summed E-state index contributed by atoms with van der Waals surface area (Å²) in [4.78, 5) is 30.9. The van der Waals surface area contributed by atoms with Gasteiger partial charge in [-0.15, -0.1) is 11.3 Å². The molecule has 3 heterocycles. The van der Waals surface area contributed by atoms with Crippen molar-refractivity contribution in [3.8, 4) is 0 Å². The molecule has 2 N–H and O–H groups in total. The van der Waals surface area contributed by atoms with Gasteiger partial charge in [0.15, 0.2) is 0 Å². The summed E-state index contributed by atoms with van der Waals surface area (Å²) in [5.41, 5.74) is 0.193. The predicted octanol–water partition coefficient (Wildman–Crippen LogP) is 4.90. The number of aryl methyl sites for hydroxylation is 1. The molecule has 0 saturated carbocycles. The summed E-state index contributed by atoms with van der Waals surface area (Å²) >= 11 is 1.62. The summed E-state index contributed by atoms with van der Waals surface area (Å²) in [5, 5.41) is 22.7. The lowest BCUT2D eigenvalue weighted by atomic mass is 9.73. The van der Waals surface area contributed by atoms with Gasteiger partial charge in [-0.05, 0) is 50.3 Å². The van der Waals surface area contributed by atoms with Crippen LogP contribution in [-0.4, -0.2) is 50.9 Å². The Bertz CT molecular complexity index is 1130. The fourth-order valence-corrected chi connectivity index (χ4v) is 6.29. The van der Waals surface area contributed by atoms with Crippen molar-refractivity contribution < 1.29 is 29.3 Å². The summed E-state index contributed by atoms with van der Waals surface area (Å²) in [5.74, 6) is -1.56. The first kappa shape index (κ1) is 27.2. The highest BCUT2D eigenvalue weighted by Gasteiger charge is 2.53. The van der Waals surface area contributed by atoms with E-state index in [0.717, 1.165) is 40.1 Å². The maximum absolute atomic E-state index is 13.3. The Hall–Kier alpha value is -1.87. The Morgan fingerprint density at radius 2 is 1.86 bits per heavy atom. The van der Waals surface area contributed by atoms with Gasteiger partial charge >= 0.3 is 5.97 Å². The highest BCUT2D eigenvalue weighted by atomic mass is 32.1. The lowest BCUT2D eigenvalue weighted by molar-refractivity contribution is -0.156. The number of fused-ring (bicyclic) bond motifs is 2. The molecule has 2 fully saturated rings. The number of benzene rings is 1. The van der Waals surface area contributed by atoms with Gasteiger partial charge in [0.05, 0.1) is 51.0 Å². The molecule has 0 aliphatic carbocycles. The number of carbonyl (C=O) groups excluding carboxylic acids is 2. The maximum Gasteiger partial charge on any atom is 0.309 e. The topological polar surface area (TPSA) is 109 Å². The van der Waals surface area contributed by atoms with Gasteiger partial charge < -0.3 is 19.7 Å². The zero-order valence-corrected chi connectivity index (χ0v) is 22.9. The van der Waals surface area contributed by atoms with E-state index in [4.69, 9.17) is 9.47 Å². The third kappa shape index (κ3) is 5.52. The van der Waals surface area contributed by atoms with Crippen molar-refractivity contribution in [2.45, 2.75) is 104 Å². The number of aliphatic hydroxyl groups is 2. The number of cyclic esters (lactones) is 1. The van der Waals surface area contributed by atoms with E-state index in [1.807, 2.05) is 32.0 Å². The second-order valence-electron chi connectivity index (χ2n) is 11.5. The molecular formula is C28H39NO6S. The number of carbonyl (C=O) groups is 2. The van der Waals surface area contributed by atoms with Gasteiger partial charge in [0.2, 0.25) is 0 Å². The molecule has 8 heteroatoms. The SMILES string of the molecule is Cc1nc2cc([C@@H]3C[C@@H]4O[C@]4(C)CCC[C@H](C)[C@H](O)[C@@H](C)C(=O)C(C)(C)[C@@H](O)CC(=O)O3)ccc2s1. The van der Waals surface area contributed by atoms with Gasteiger partial charge in [-0.25, -0.2) is 4.98 Å². The molecule has 1 aromatic carbocycles. The van der Waals surface area contributed by atoms with Crippen LogP contribution in [0.3, 0.4) is 0 Å². The van der Waals surface area contributed by atoms with Crippen LogP contribution in [0, 0.1) is 24.2 Å². The van der Waals surface area contributed by atoms with Crippen LogP contribution in [0.15, 0.2) is 18.2 Å². The van der Waals surface area contributed by atoms with E-state index in [2.05, 4.69) is 11.9 Å². The summed E-state index contributed by atoms with van der Waals surface area (Å²) in [6, 6.07) is 5.92. The van der Waals surface area contributed by atoms with Crippen LogP contribution in [0.4, 0.5) is 0 Å². The fraction of sp³-hybridized carbons (Fsp3) is 0.679. The lowest BCUT2D eigenvalue weighted by Gasteiger charge is -2.34. The molecule has 7 nitrogen and oxygen atoms in total. The number of hydrogen-bond acceptors (Lipinski definition) is 8. The minimum atomic E-state index is -1.23. The molecule has 0 amide bonds. The summed E-state index contributed by atoms with van der Waals surface area (Å²) in [7, 11) is 0. The Morgan fingerprint density at radius 3 is 2.58 bits per heavy atom. The van der Waals surface area contributed by atoms with Crippen molar-refractivity contribution in [2.24, 2.45) is 17.3 Å². The van der Waals surface area contributed by atoms with Gasteiger partial charge in [-0.3, -0.25) is 9.59 Å². The van der Waals surface area contributed by atoms with E-state index < -0.39 is 35.6 Å². The smallest absolute Gasteiger partial charge is 0.309 e. The molecule has 2 aliphatic rings. The average Bonchev–Trinajstić information content (AvgIpc) is 3.28. The molecule has 0 radical (unpaired) electrons. The van der Waals surface area contributed by atoms with E-state index in [1.54, 1.807) is 32.1 Å². The Labute approximate surface area is 217 Å². The third-order valence-electron chi connectivity index (χ3n) is 8.30. The number of aliphatic hydroxyl groups excluding tert-OH is 2. The van der Waals surface area contributed by atoms with Crippen molar-refractivity contribution in [1.29, 1.82) is 0 Å². The van der Waals surface area contributed by atoms with E-state index in [0.29, 0.717) is 6.42 Å². The monoisotopic (exact) mass is 517 g/mol. The molecule has 198 valence electrons. The molecule has 2 saturated heterocycles. The molecule has 0 unspecified atom stereocenters. The number of Topliss-reactive ketones (excluding diaryl/α,β-unsaturated/α-hetero) is 1. The van der Waals surface area contributed by atoms with Crippen LogP contribution in [0.2, 0.25) is 0 Å². The minimum absolute atomic E-state index is 0.0573. The van der Waals surface area contributed by atoms with Gasteiger partial charge in [-0.1, -0.05) is 40.2 Å². The van der Waals surface area contributed by atoms with Crippen LogP contribution in [0.25, 0.3) is 10.2 Å². The second kappa shape index (κ2) is 10.1. The largest absolute Gasteiger partial charge is 0.457 e. The first-order valence-corrected chi connectivity index (χ1v) is 13.8. The molecule has 36 heavy (non-hydrogen) atoms. The van der Waals surface area contributed by atoms with Gasteiger partial charge in [0, 0.05) is 12.3 Å². The Balaban J connectivity index is 1.61. The van der Waals surface area contributed by atoms with Crippen molar-refractivity contribution in [3.63, 3.8) is 0 Å². The van der Waals surface area contributed by atoms with E-state index in [1.165, 1.54) is 0 Å². The van der Waals surface area contributed by atoms with Gasteiger partial charge in [-0.2, -0.15) is 0 Å². The number of rotatable bonds is 1. The number of ketones is 1. The van der Waals surface area contributed by atoms with Crippen LogP contribution in [0.5, 0.6) is 0 Å². The molecule has 0 bridgehead atoms. The van der Waals surface area contributed by atoms with E-state index in [9.17, 15) is 19.8 Å². The van der Waals surface area contributed by atoms with Gasteiger partial charge in [0.1, 0.15) is 11.9 Å². The van der Waals surface area contributed by atoms with Crippen LogP contribution < -0.4 is 0 Å². The minimum Gasteiger partial charge on any atom is -0.457 e. The van der Waals surface area contributed by atoms with Gasteiger partial charge in [0.25, 0.3) is 0 Å². The molecular weight excluding hydrogens is 478 g/mol. The summed E-state index contributed by atoms with van der Waals surface area (Å²) in [6.45, 7) is 11.0. The number of epoxide rings is 1. The van der Waals surface area contributed by atoms with Crippen molar-refractivity contribution in [1.82, 2.24) is 4.98 Å². The van der Waals surface area contributed by atoms with Crippen LogP contribution >= 0.6 is 11.3 Å². The highest BCUT2D eigenvalue weighted by Crippen LogP contribution is 2.47. The average molecular weight is 518 g/mol. The molecule has 1 aromatic heterocycles. The highest BCUT2D eigenvalue weighted by molar-refractivity contribution is 7.18. The van der Waals surface area contributed by atoms with Crippen LogP contribution in [-0.2, 0) is 19.1 Å². The molecule has 2 aromatic rings. The Morgan fingerprint density at radius 1 is 1.14 bits per heavy atom.